The van der Waals surface area contributed by atoms with E-state index in [4.69, 9.17) is 21.6 Å². The van der Waals surface area contributed by atoms with Crippen LogP contribution in [0.5, 0.6) is 5.75 Å². The molecule has 0 bridgehead atoms. The molecule has 0 heterocycles. The van der Waals surface area contributed by atoms with Crippen molar-refractivity contribution in [2.45, 2.75) is 12.5 Å². The van der Waals surface area contributed by atoms with Gasteiger partial charge in [-0.2, -0.15) is 5.26 Å². The fourth-order valence-electron chi connectivity index (χ4n) is 2.11. The molecule has 0 spiro atoms. The second-order valence-corrected chi connectivity index (χ2v) is 5.05. The molecule has 2 aromatic carbocycles. The summed E-state index contributed by atoms with van der Waals surface area (Å²) in [5.74, 6) is 0.543. The van der Waals surface area contributed by atoms with Crippen LogP contribution in [0.2, 0.25) is 5.02 Å². The van der Waals surface area contributed by atoms with Crippen molar-refractivity contribution in [3.63, 3.8) is 0 Å². The minimum atomic E-state index is -1.30. The van der Waals surface area contributed by atoms with Gasteiger partial charge < -0.3 is 9.84 Å². The number of ether oxygens (including phenoxy) is 1. The highest BCUT2D eigenvalue weighted by atomic mass is 35.5. The molecule has 1 N–H and O–H groups in total. The molecule has 0 aliphatic carbocycles. The van der Waals surface area contributed by atoms with Gasteiger partial charge in [0, 0.05) is 10.6 Å². The number of methoxy groups -OCH3 is 1. The van der Waals surface area contributed by atoms with E-state index in [1.165, 1.54) is 7.11 Å². The number of nitrogens with zero attached hydrogens (tertiary/aromatic N) is 1. The van der Waals surface area contributed by atoms with Crippen molar-refractivity contribution in [3.8, 4) is 11.8 Å². The molecule has 2 aromatic rings. The van der Waals surface area contributed by atoms with E-state index in [0.29, 0.717) is 27.5 Å². The summed E-state index contributed by atoms with van der Waals surface area (Å²) >= 11 is 6.01. The SMILES string of the molecule is COc1ccc(Cl)cc1C(C)(O)c1cccc(C#N)c1. The van der Waals surface area contributed by atoms with Crippen molar-refractivity contribution >= 4 is 11.6 Å². The molecule has 102 valence electrons. The molecule has 3 nitrogen and oxygen atoms in total. The quantitative estimate of drug-likeness (QED) is 0.940. The molecule has 0 aliphatic rings. The van der Waals surface area contributed by atoms with Crippen LogP contribution in [0.1, 0.15) is 23.6 Å². The van der Waals surface area contributed by atoms with E-state index in [1.54, 1.807) is 49.4 Å². The number of hydrogen-bond acceptors (Lipinski definition) is 3. The lowest BCUT2D eigenvalue weighted by Crippen LogP contribution is -2.23. The maximum Gasteiger partial charge on any atom is 0.125 e. The molecule has 0 aliphatic heterocycles. The van der Waals surface area contributed by atoms with Gasteiger partial charge in [0.15, 0.2) is 0 Å². The number of aliphatic hydroxyl groups is 1. The first-order valence-corrected chi connectivity index (χ1v) is 6.44. The van der Waals surface area contributed by atoms with Crippen molar-refractivity contribution in [2.75, 3.05) is 7.11 Å². The van der Waals surface area contributed by atoms with Gasteiger partial charge in [0.1, 0.15) is 11.4 Å². The Hall–Kier alpha value is -2.02. The van der Waals surface area contributed by atoms with Gasteiger partial charge in [0.25, 0.3) is 0 Å². The second kappa shape index (κ2) is 5.54. The van der Waals surface area contributed by atoms with Gasteiger partial charge in [-0.05, 0) is 42.8 Å². The summed E-state index contributed by atoms with van der Waals surface area (Å²) in [5.41, 5.74) is 0.354. The van der Waals surface area contributed by atoms with E-state index in [-0.39, 0.29) is 0 Å². The third-order valence-electron chi connectivity index (χ3n) is 3.24. The van der Waals surface area contributed by atoms with Crippen LogP contribution in [0, 0.1) is 11.3 Å². The monoisotopic (exact) mass is 287 g/mol. The van der Waals surface area contributed by atoms with E-state index in [0.717, 1.165) is 0 Å². The third-order valence-corrected chi connectivity index (χ3v) is 3.47. The number of rotatable bonds is 3. The summed E-state index contributed by atoms with van der Waals surface area (Å²) in [4.78, 5) is 0. The Morgan fingerprint density at radius 2 is 2.00 bits per heavy atom. The van der Waals surface area contributed by atoms with Gasteiger partial charge in [-0.1, -0.05) is 23.7 Å². The molecule has 0 saturated heterocycles. The van der Waals surface area contributed by atoms with Gasteiger partial charge in [0.05, 0.1) is 18.7 Å². The molecule has 0 saturated carbocycles. The Morgan fingerprint density at radius 1 is 1.25 bits per heavy atom. The molecule has 1 atom stereocenters. The van der Waals surface area contributed by atoms with Crippen molar-refractivity contribution in [1.82, 2.24) is 0 Å². The van der Waals surface area contributed by atoms with Crippen molar-refractivity contribution < 1.29 is 9.84 Å². The standard InChI is InChI=1S/C16H14ClNO2/c1-16(19,12-5-3-4-11(8-12)10-18)14-9-13(17)6-7-15(14)20-2/h3-9,19H,1-2H3. The molecular weight excluding hydrogens is 274 g/mol. The van der Waals surface area contributed by atoms with Crippen LogP contribution in [0.4, 0.5) is 0 Å². The van der Waals surface area contributed by atoms with E-state index in [1.807, 2.05) is 0 Å². The van der Waals surface area contributed by atoms with Crippen molar-refractivity contribution in [2.24, 2.45) is 0 Å². The zero-order valence-corrected chi connectivity index (χ0v) is 12.0. The van der Waals surface area contributed by atoms with Gasteiger partial charge in [0.2, 0.25) is 0 Å². The zero-order chi connectivity index (χ0) is 14.8. The predicted octanol–water partition coefficient (Wildman–Crippen LogP) is 3.48. The second-order valence-electron chi connectivity index (χ2n) is 4.61. The molecule has 4 heteroatoms. The topological polar surface area (TPSA) is 53.2 Å². The zero-order valence-electron chi connectivity index (χ0n) is 11.2. The Bertz CT molecular complexity index is 674. The van der Waals surface area contributed by atoms with Gasteiger partial charge in [-0.3, -0.25) is 0 Å². The number of benzene rings is 2. The maximum absolute atomic E-state index is 10.9. The van der Waals surface area contributed by atoms with Gasteiger partial charge >= 0.3 is 0 Å². The summed E-state index contributed by atoms with van der Waals surface area (Å²) in [7, 11) is 1.54. The van der Waals surface area contributed by atoms with E-state index >= 15 is 0 Å². The van der Waals surface area contributed by atoms with Crippen molar-refractivity contribution in [1.29, 1.82) is 5.26 Å². The minimum Gasteiger partial charge on any atom is -0.496 e. The molecule has 0 fully saturated rings. The third kappa shape index (κ3) is 2.62. The minimum absolute atomic E-state index is 0.490. The Morgan fingerprint density at radius 3 is 2.65 bits per heavy atom. The summed E-state index contributed by atoms with van der Waals surface area (Å²) in [6.07, 6.45) is 0. The summed E-state index contributed by atoms with van der Waals surface area (Å²) in [6, 6.07) is 14.0. The number of halogens is 1. The summed E-state index contributed by atoms with van der Waals surface area (Å²) < 4.78 is 5.28. The number of nitriles is 1. The van der Waals surface area contributed by atoms with Crippen LogP contribution < -0.4 is 4.74 Å². The summed E-state index contributed by atoms with van der Waals surface area (Å²) in [6.45, 7) is 1.65. The average molecular weight is 288 g/mol. The average Bonchev–Trinajstić information content (AvgIpc) is 2.47. The van der Waals surface area contributed by atoms with Crippen LogP contribution in [-0.2, 0) is 5.60 Å². The Labute approximate surface area is 123 Å². The molecule has 2 rings (SSSR count). The first-order chi connectivity index (χ1) is 9.48. The van der Waals surface area contributed by atoms with E-state index in [9.17, 15) is 5.11 Å². The normalized spacial score (nSPS) is 13.3. The Balaban J connectivity index is 2.59. The molecule has 1 unspecified atom stereocenters. The molecule has 20 heavy (non-hydrogen) atoms. The van der Waals surface area contributed by atoms with Crippen molar-refractivity contribution in [3.05, 3.63) is 64.2 Å². The molecule has 0 aromatic heterocycles. The lowest BCUT2D eigenvalue weighted by molar-refractivity contribution is 0.0989. The van der Waals surface area contributed by atoms with Crippen LogP contribution >= 0.6 is 11.6 Å². The summed E-state index contributed by atoms with van der Waals surface area (Å²) in [5, 5.41) is 20.3. The Kier molecular flexibility index (Phi) is 3.99. The lowest BCUT2D eigenvalue weighted by Gasteiger charge is -2.26. The molecule has 0 radical (unpaired) electrons. The predicted molar refractivity (Wildman–Crippen MR) is 77.8 cm³/mol. The smallest absolute Gasteiger partial charge is 0.125 e. The van der Waals surface area contributed by atoms with Gasteiger partial charge in [-0.15, -0.1) is 0 Å². The van der Waals surface area contributed by atoms with Gasteiger partial charge in [-0.25, -0.2) is 0 Å². The van der Waals surface area contributed by atoms with E-state index < -0.39 is 5.60 Å². The van der Waals surface area contributed by atoms with E-state index in [2.05, 4.69) is 6.07 Å². The van der Waals surface area contributed by atoms with Crippen LogP contribution in [0.15, 0.2) is 42.5 Å². The van der Waals surface area contributed by atoms with Crippen LogP contribution in [0.25, 0.3) is 0 Å². The fourth-order valence-corrected chi connectivity index (χ4v) is 2.28. The highest BCUT2D eigenvalue weighted by molar-refractivity contribution is 6.30. The fraction of sp³-hybridized carbons (Fsp3) is 0.188. The highest BCUT2D eigenvalue weighted by Crippen LogP contribution is 2.37. The first kappa shape index (κ1) is 14.4. The highest BCUT2D eigenvalue weighted by Gasteiger charge is 2.29. The first-order valence-electron chi connectivity index (χ1n) is 6.06. The number of hydrogen-bond donors (Lipinski definition) is 1. The molecular formula is C16H14ClNO2. The lowest BCUT2D eigenvalue weighted by atomic mass is 9.87. The van der Waals surface area contributed by atoms with Crippen LogP contribution in [-0.4, -0.2) is 12.2 Å². The van der Waals surface area contributed by atoms with Crippen LogP contribution in [0.3, 0.4) is 0 Å². The maximum atomic E-state index is 10.9. The molecule has 0 amide bonds. The largest absolute Gasteiger partial charge is 0.496 e.